The summed E-state index contributed by atoms with van der Waals surface area (Å²) in [4.78, 5) is 23.3. The van der Waals surface area contributed by atoms with Crippen LogP contribution in [0, 0.1) is 5.92 Å². The minimum absolute atomic E-state index is 0.0283. The van der Waals surface area contributed by atoms with Gasteiger partial charge in [0.15, 0.2) is 0 Å². The van der Waals surface area contributed by atoms with Crippen LogP contribution < -0.4 is 0 Å². The number of likely N-dealkylation sites (N-methyl/N-ethyl adjacent to an activating group) is 1. The van der Waals surface area contributed by atoms with Crippen molar-refractivity contribution < 1.29 is 4.79 Å². The number of hydrogen-bond acceptors (Lipinski definition) is 4. The van der Waals surface area contributed by atoms with Gasteiger partial charge in [0.1, 0.15) is 0 Å². The number of nitrogens with zero attached hydrogens (tertiary/aromatic N) is 4. The number of benzene rings is 1. The van der Waals surface area contributed by atoms with Gasteiger partial charge in [-0.3, -0.25) is 14.7 Å². The van der Waals surface area contributed by atoms with Crippen LogP contribution in [0.1, 0.15) is 5.56 Å². The third-order valence-electron chi connectivity index (χ3n) is 4.73. The predicted octanol–water partition coefficient (Wildman–Crippen LogP) is 1.69. The second-order valence-corrected chi connectivity index (χ2v) is 6.91. The Morgan fingerprint density at radius 2 is 2.00 bits per heavy atom. The van der Waals surface area contributed by atoms with E-state index in [1.165, 1.54) is 10.9 Å². The fourth-order valence-corrected chi connectivity index (χ4v) is 3.44. The highest BCUT2D eigenvalue weighted by molar-refractivity contribution is 5.82. The highest BCUT2D eigenvalue weighted by Crippen LogP contribution is 2.20. The van der Waals surface area contributed by atoms with Gasteiger partial charge in [0.25, 0.3) is 0 Å². The molecule has 0 unspecified atom stereocenters. The molecule has 2 heterocycles. The Hall–Kier alpha value is -1.98. The largest absolute Gasteiger partial charge is 0.348 e. The molecule has 0 spiro atoms. The molecule has 1 aromatic heterocycles. The van der Waals surface area contributed by atoms with Crippen molar-refractivity contribution in [3.8, 4) is 0 Å². The lowest BCUT2D eigenvalue weighted by Crippen LogP contribution is -2.40. The Balaban J connectivity index is 1.81. The van der Waals surface area contributed by atoms with Crippen LogP contribution >= 0.6 is 0 Å². The zero-order valence-electron chi connectivity index (χ0n) is 14.8. The number of amides is 1. The van der Waals surface area contributed by atoms with Crippen LogP contribution in [0.25, 0.3) is 10.9 Å². The summed E-state index contributed by atoms with van der Waals surface area (Å²) in [5.41, 5.74) is 2.31. The van der Waals surface area contributed by atoms with Crippen LogP contribution in [-0.2, 0) is 11.3 Å². The quantitative estimate of drug-likeness (QED) is 0.860. The van der Waals surface area contributed by atoms with Gasteiger partial charge in [0, 0.05) is 58.4 Å². The normalized spacial score (nSPS) is 20.0. The molecule has 0 saturated carbocycles. The van der Waals surface area contributed by atoms with Gasteiger partial charge >= 0.3 is 0 Å². The summed E-state index contributed by atoms with van der Waals surface area (Å²) in [5, 5.41) is 1.20. The van der Waals surface area contributed by atoms with Crippen molar-refractivity contribution in [1.29, 1.82) is 0 Å². The first-order chi connectivity index (χ1) is 11.5. The van der Waals surface area contributed by atoms with Crippen LogP contribution in [0.15, 0.2) is 36.5 Å². The molecular formula is C19H26N4O. The van der Waals surface area contributed by atoms with Crippen molar-refractivity contribution in [3.05, 3.63) is 42.1 Å². The fourth-order valence-electron chi connectivity index (χ4n) is 3.44. The average Bonchev–Trinajstić information content (AvgIpc) is 2.76. The molecule has 0 radical (unpaired) electrons. The number of pyridine rings is 1. The van der Waals surface area contributed by atoms with Crippen molar-refractivity contribution in [1.82, 2.24) is 19.7 Å². The molecule has 1 saturated heterocycles. The maximum Gasteiger partial charge on any atom is 0.227 e. The molecule has 1 aliphatic rings. The Morgan fingerprint density at radius 1 is 1.21 bits per heavy atom. The molecule has 0 bridgehead atoms. The van der Waals surface area contributed by atoms with Crippen LogP contribution in [0.3, 0.4) is 0 Å². The summed E-state index contributed by atoms with van der Waals surface area (Å²) in [6, 6.07) is 10.4. The van der Waals surface area contributed by atoms with Crippen molar-refractivity contribution >= 4 is 16.8 Å². The first-order valence-corrected chi connectivity index (χ1v) is 8.49. The molecule has 0 N–H and O–H groups in total. The van der Waals surface area contributed by atoms with E-state index >= 15 is 0 Å². The van der Waals surface area contributed by atoms with Crippen LogP contribution in [0.4, 0.5) is 0 Å². The number of carbonyl (C=O) groups excluding carboxylic acids is 1. The maximum atomic E-state index is 12.5. The number of hydrogen-bond donors (Lipinski definition) is 0. The summed E-state index contributed by atoms with van der Waals surface area (Å²) >= 11 is 0. The molecule has 1 aliphatic heterocycles. The van der Waals surface area contributed by atoms with Gasteiger partial charge < -0.3 is 9.80 Å². The smallest absolute Gasteiger partial charge is 0.227 e. The van der Waals surface area contributed by atoms with Gasteiger partial charge in [-0.15, -0.1) is 0 Å². The molecule has 3 rings (SSSR count). The third-order valence-corrected chi connectivity index (χ3v) is 4.73. The van der Waals surface area contributed by atoms with E-state index in [0.717, 1.165) is 38.2 Å². The van der Waals surface area contributed by atoms with Crippen molar-refractivity contribution in [2.45, 2.75) is 6.54 Å². The molecule has 1 aromatic carbocycles. The number of rotatable bonds is 3. The van der Waals surface area contributed by atoms with E-state index in [9.17, 15) is 4.79 Å². The van der Waals surface area contributed by atoms with Crippen LogP contribution in [-0.4, -0.2) is 72.9 Å². The molecule has 24 heavy (non-hydrogen) atoms. The van der Waals surface area contributed by atoms with Gasteiger partial charge in [-0.1, -0.05) is 18.2 Å². The van der Waals surface area contributed by atoms with E-state index in [4.69, 9.17) is 0 Å². The number of carbonyl (C=O) groups is 1. The van der Waals surface area contributed by atoms with Crippen LogP contribution in [0.5, 0.6) is 0 Å². The first-order valence-electron chi connectivity index (χ1n) is 8.49. The highest BCUT2D eigenvalue weighted by atomic mass is 16.2. The van der Waals surface area contributed by atoms with E-state index in [1.807, 2.05) is 32.4 Å². The molecule has 128 valence electrons. The predicted molar refractivity (Wildman–Crippen MR) is 96.7 cm³/mol. The van der Waals surface area contributed by atoms with Gasteiger partial charge in [0.2, 0.25) is 5.91 Å². The van der Waals surface area contributed by atoms with E-state index in [0.29, 0.717) is 0 Å². The zero-order valence-corrected chi connectivity index (χ0v) is 14.8. The first kappa shape index (κ1) is 16.9. The van der Waals surface area contributed by atoms with Crippen molar-refractivity contribution in [2.75, 3.05) is 47.3 Å². The zero-order chi connectivity index (χ0) is 17.1. The molecule has 5 nitrogen and oxygen atoms in total. The minimum atomic E-state index is 0.0283. The topological polar surface area (TPSA) is 39.7 Å². The Labute approximate surface area is 143 Å². The summed E-state index contributed by atoms with van der Waals surface area (Å²) < 4.78 is 0. The highest BCUT2D eigenvalue weighted by Gasteiger charge is 2.27. The lowest BCUT2D eigenvalue weighted by atomic mass is 10.1. The van der Waals surface area contributed by atoms with Crippen molar-refractivity contribution in [3.63, 3.8) is 0 Å². The Morgan fingerprint density at radius 3 is 2.79 bits per heavy atom. The molecule has 1 atom stereocenters. The van der Waals surface area contributed by atoms with Gasteiger partial charge in [0.05, 0.1) is 11.4 Å². The number of fused-ring (bicyclic) bond motifs is 1. The lowest BCUT2D eigenvalue weighted by Gasteiger charge is -2.25. The number of aromatic nitrogens is 1. The Kier molecular flexibility index (Phi) is 5.11. The molecule has 2 aromatic rings. The second-order valence-electron chi connectivity index (χ2n) is 6.91. The molecule has 1 amide bonds. The van der Waals surface area contributed by atoms with E-state index in [1.54, 1.807) is 4.90 Å². The van der Waals surface area contributed by atoms with Crippen LogP contribution in [0.2, 0.25) is 0 Å². The average molecular weight is 326 g/mol. The molecule has 1 fully saturated rings. The van der Waals surface area contributed by atoms with Gasteiger partial charge in [-0.2, -0.15) is 0 Å². The van der Waals surface area contributed by atoms with Gasteiger partial charge in [-0.25, -0.2) is 0 Å². The molecule has 5 heteroatoms. The summed E-state index contributed by atoms with van der Waals surface area (Å²) in [5.74, 6) is 0.244. The second kappa shape index (κ2) is 7.28. The number of para-hydroxylation sites is 1. The van der Waals surface area contributed by atoms with Gasteiger partial charge in [-0.05, 0) is 24.7 Å². The fraction of sp³-hybridized carbons (Fsp3) is 0.474. The lowest BCUT2D eigenvalue weighted by molar-refractivity contribution is -0.133. The minimum Gasteiger partial charge on any atom is -0.348 e. The van der Waals surface area contributed by atoms with E-state index in [2.05, 4.69) is 40.0 Å². The third kappa shape index (κ3) is 3.74. The van der Waals surface area contributed by atoms with Crippen molar-refractivity contribution in [2.24, 2.45) is 5.92 Å². The standard InChI is InChI=1S/C19H26N4O/c1-21(2)19(24)16-12-22(3)10-11-23(14-16)13-15-8-9-20-18-7-5-4-6-17(15)18/h4-9,16H,10-14H2,1-3H3/t16-/m1/s1. The van der Waals surface area contributed by atoms with E-state index in [-0.39, 0.29) is 11.8 Å². The van der Waals surface area contributed by atoms with E-state index < -0.39 is 0 Å². The monoisotopic (exact) mass is 326 g/mol. The summed E-state index contributed by atoms with van der Waals surface area (Å²) in [6.45, 7) is 4.45. The molecule has 0 aliphatic carbocycles. The summed E-state index contributed by atoms with van der Waals surface area (Å²) in [7, 11) is 5.78. The Bertz CT molecular complexity index is 710. The molecular weight excluding hydrogens is 300 g/mol. The maximum absolute atomic E-state index is 12.5. The SMILES string of the molecule is CN1CCN(Cc2ccnc3ccccc23)C[C@H](C(=O)N(C)C)C1. The summed E-state index contributed by atoms with van der Waals surface area (Å²) in [6.07, 6.45) is 1.88.